The second-order valence-corrected chi connectivity index (χ2v) is 6.31. The van der Waals surface area contributed by atoms with Gasteiger partial charge in [0.1, 0.15) is 11.8 Å². The third-order valence-corrected chi connectivity index (χ3v) is 4.30. The van der Waals surface area contributed by atoms with E-state index in [2.05, 4.69) is 11.4 Å². The average molecular weight is 314 g/mol. The van der Waals surface area contributed by atoms with Crippen LogP contribution in [0.15, 0.2) is 24.3 Å². The molecule has 5 nitrogen and oxygen atoms in total. The van der Waals surface area contributed by atoms with Crippen molar-refractivity contribution in [3.05, 3.63) is 35.4 Å². The highest BCUT2D eigenvalue weighted by molar-refractivity contribution is 5.96. The summed E-state index contributed by atoms with van der Waals surface area (Å²) in [5, 5.41) is 2.83. The summed E-state index contributed by atoms with van der Waals surface area (Å²) in [5.41, 5.74) is 2.15. The van der Waals surface area contributed by atoms with Gasteiger partial charge < -0.3 is 15.0 Å². The van der Waals surface area contributed by atoms with Crippen molar-refractivity contribution < 1.29 is 14.3 Å². The van der Waals surface area contributed by atoms with E-state index in [0.29, 0.717) is 13.1 Å². The lowest BCUT2D eigenvalue weighted by molar-refractivity contribution is -0.141. The number of hydrogen-bond donors (Lipinski definition) is 1. The van der Waals surface area contributed by atoms with E-state index in [9.17, 15) is 9.59 Å². The predicted molar refractivity (Wildman–Crippen MR) is 88.0 cm³/mol. The topological polar surface area (TPSA) is 58.6 Å². The maximum Gasteiger partial charge on any atom is 0.247 e. The third-order valence-electron chi connectivity index (χ3n) is 4.30. The highest BCUT2D eigenvalue weighted by atomic mass is 16.5. The molecule has 0 bridgehead atoms. The number of ether oxygens (including phenoxy) is 1. The van der Waals surface area contributed by atoms with Crippen molar-refractivity contribution in [2.75, 3.05) is 19.7 Å². The van der Waals surface area contributed by atoms with E-state index < -0.39 is 6.04 Å². The molecule has 3 rings (SSSR count). The standard InChI is InChI=1S/C18H22N2O3/c1-12(2)17-18(22)19-8-9-20(17)16(21)6-4-13-3-5-15-14(11-13)7-10-23-15/h3-6,11-12,17H,7-10H2,1-2H3,(H,19,22)/b6-4+. The fourth-order valence-electron chi connectivity index (χ4n) is 3.17. The normalized spacial score (nSPS) is 20.6. The van der Waals surface area contributed by atoms with Gasteiger partial charge in [0.2, 0.25) is 11.8 Å². The Hall–Kier alpha value is -2.30. The smallest absolute Gasteiger partial charge is 0.247 e. The lowest BCUT2D eigenvalue weighted by Gasteiger charge is -2.36. The summed E-state index contributed by atoms with van der Waals surface area (Å²) in [5.74, 6) is 0.837. The molecule has 0 radical (unpaired) electrons. The van der Waals surface area contributed by atoms with E-state index in [4.69, 9.17) is 4.74 Å². The molecule has 0 aromatic heterocycles. The molecule has 2 aliphatic heterocycles. The number of hydrogen-bond acceptors (Lipinski definition) is 3. The van der Waals surface area contributed by atoms with Gasteiger partial charge in [-0.3, -0.25) is 9.59 Å². The van der Waals surface area contributed by atoms with Gasteiger partial charge in [0.05, 0.1) is 6.61 Å². The molecule has 1 unspecified atom stereocenters. The largest absolute Gasteiger partial charge is 0.493 e. The minimum atomic E-state index is -0.394. The van der Waals surface area contributed by atoms with Crippen LogP contribution in [0.5, 0.6) is 5.75 Å². The first-order valence-corrected chi connectivity index (χ1v) is 8.08. The summed E-state index contributed by atoms with van der Waals surface area (Å²) in [4.78, 5) is 26.2. The molecule has 1 saturated heterocycles. The van der Waals surface area contributed by atoms with Crippen LogP contribution < -0.4 is 10.1 Å². The second-order valence-electron chi connectivity index (χ2n) is 6.31. The number of amides is 2. The molecule has 1 aromatic rings. The maximum absolute atomic E-state index is 12.5. The van der Waals surface area contributed by atoms with Crippen molar-refractivity contribution in [1.29, 1.82) is 0 Å². The first-order valence-electron chi connectivity index (χ1n) is 8.08. The van der Waals surface area contributed by atoms with E-state index in [1.54, 1.807) is 11.0 Å². The van der Waals surface area contributed by atoms with Gasteiger partial charge in [-0.15, -0.1) is 0 Å². The van der Waals surface area contributed by atoms with E-state index >= 15 is 0 Å². The summed E-state index contributed by atoms with van der Waals surface area (Å²) in [6, 6.07) is 5.54. The van der Waals surface area contributed by atoms with Crippen molar-refractivity contribution in [3.8, 4) is 5.75 Å². The highest BCUT2D eigenvalue weighted by Gasteiger charge is 2.34. The summed E-state index contributed by atoms with van der Waals surface area (Å²) >= 11 is 0. The van der Waals surface area contributed by atoms with Crippen molar-refractivity contribution in [2.24, 2.45) is 5.92 Å². The van der Waals surface area contributed by atoms with E-state index in [0.717, 1.165) is 24.3 Å². The average Bonchev–Trinajstić information content (AvgIpc) is 2.99. The molecule has 1 fully saturated rings. The van der Waals surface area contributed by atoms with Crippen molar-refractivity contribution in [3.63, 3.8) is 0 Å². The fraction of sp³-hybridized carbons (Fsp3) is 0.444. The Kier molecular flexibility index (Phi) is 4.37. The van der Waals surface area contributed by atoms with Crippen LogP contribution in [0, 0.1) is 5.92 Å². The third kappa shape index (κ3) is 3.23. The number of carbonyl (C=O) groups excluding carboxylic acids is 2. The van der Waals surface area contributed by atoms with Gasteiger partial charge in [-0.1, -0.05) is 19.9 Å². The molecule has 0 aliphatic carbocycles. The molecular formula is C18H22N2O3. The minimum Gasteiger partial charge on any atom is -0.493 e. The van der Waals surface area contributed by atoms with Gasteiger partial charge in [-0.2, -0.15) is 0 Å². The Morgan fingerprint density at radius 2 is 2.26 bits per heavy atom. The summed E-state index contributed by atoms with van der Waals surface area (Å²) < 4.78 is 5.48. The molecule has 1 aromatic carbocycles. The molecule has 5 heteroatoms. The van der Waals surface area contributed by atoms with Crippen LogP contribution in [-0.2, 0) is 16.0 Å². The van der Waals surface area contributed by atoms with Gasteiger partial charge >= 0.3 is 0 Å². The molecule has 0 spiro atoms. The lowest BCUT2D eigenvalue weighted by atomic mass is 9.99. The van der Waals surface area contributed by atoms with Crippen LogP contribution in [0.3, 0.4) is 0 Å². The van der Waals surface area contributed by atoms with Crippen LogP contribution in [-0.4, -0.2) is 42.5 Å². The van der Waals surface area contributed by atoms with Gasteiger partial charge in [-0.05, 0) is 35.3 Å². The van der Waals surface area contributed by atoms with Crippen molar-refractivity contribution in [2.45, 2.75) is 26.3 Å². The number of rotatable bonds is 3. The molecule has 2 amide bonds. The fourth-order valence-corrected chi connectivity index (χ4v) is 3.17. The Morgan fingerprint density at radius 1 is 1.43 bits per heavy atom. The molecular weight excluding hydrogens is 292 g/mol. The first kappa shape index (κ1) is 15.6. The number of nitrogens with zero attached hydrogens (tertiary/aromatic N) is 1. The van der Waals surface area contributed by atoms with E-state index in [1.165, 1.54) is 5.56 Å². The number of carbonyl (C=O) groups is 2. The minimum absolute atomic E-state index is 0.0670. The Balaban J connectivity index is 1.73. The number of nitrogens with one attached hydrogen (secondary N) is 1. The quantitative estimate of drug-likeness (QED) is 0.863. The molecule has 2 heterocycles. The molecule has 1 N–H and O–H groups in total. The SMILES string of the molecule is CC(C)C1C(=O)NCCN1C(=O)/C=C/c1ccc2c(c1)CCO2. The molecule has 1 atom stereocenters. The molecule has 23 heavy (non-hydrogen) atoms. The molecule has 0 saturated carbocycles. The second kappa shape index (κ2) is 6.44. The Bertz CT molecular complexity index is 652. The zero-order valence-electron chi connectivity index (χ0n) is 13.5. The number of piperazine rings is 1. The molecule has 2 aliphatic rings. The van der Waals surface area contributed by atoms with Gasteiger partial charge in [0, 0.05) is 25.6 Å². The van der Waals surface area contributed by atoms with Crippen LogP contribution >= 0.6 is 0 Å². The Morgan fingerprint density at radius 3 is 3.04 bits per heavy atom. The molecule has 122 valence electrons. The summed E-state index contributed by atoms with van der Waals surface area (Å²) in [6.07, 6.45) is 4.28. The predicted octanol–water partition coefficient (Wildman–Crippen LogP) is 1.62. The zero-order chi connectivity index (χ0) is 16.4. The summed E-state index contributed by atoms with van der Waals surface area (Å²) in [7, 11) is 0. The maximum atomic E-state index is 12.5. The van der Waals surface area contributed by atoms with Crippen LogP contribution in [0.1, 0.15) is 25.0 Å². The van der Waals surface area contributed by atoms with Crippen molar-refractivity contribution >= 4 is 17.9 Å². The lowest BCUT2D eigenvalue weighted by Crippen LogP contribution is -2.58. The van der Waals surface area contributed by atoms with Gasteiger partial charge in [0.25, 0.3) is 0 Å². The Labute approximate surface area is 136 Å². The van der Waals surface area contributed by atoms with Crippen LogP contribution in [0.25, 0.3) is 6.08 Å². The highest BCUT2D eigenvalue weighted by Crippen LogP contribution is 2.26. The van der Waals surface area contributed by atoms with Crippen LogP contribution in [0.4, 0.5) is 0 Å². The number of benzene rings is 1. The first-order chi connectivity index (χ1) is 11.1. The van der Waals surface area contributed by atoms with Crippen molar-refractivity contribution in [1.82, 2.24) is 10.2 Å². The van der Waals surface area contributed by atoms with E-state index in [1.807, 2.05) is 32.1 Å². The number of fused-ring (bicyclic) bond motifs is 1. The van der Waals surface area contributed by atoms with Gasteiger partial charge in [0.15, 0.2) is 0 Å². The zero-order valence-corrected chi connectivity index (χ0v) is 13.5. The van der Waals surface area contributed by atoms with Crippen LogP contribution in [0.2, 0.25) is 0 Å². The summed E-state index contributed by atoms with van der Waals surface area (Å²) in [6.45, 7) is 5.70. The van der Waals surface area contributed by atoms with Gasteiger partial charge in [-0.25, -0.2) is 0 Å². The monoisotopic (exact) mass is 314 g/mol. The van der Waals surface area contributed by atoms with E-state index in [-0.39, 0.29) is 17.7 Å².